The molecule has 3 heterocycles. The molecule has 0 unspecified atom stereocenters. The van der Waals surface area contributed by atoms with Crippen LogP contribution in [0.5, 0.6) is 5.75 Å². The zero-order valence-electron chi connectivity index (χ0n) is 16.0. The van der Waals surface area contributed by atoms with E-state index >= 15 is 0 Å². The van der Waals surface area contributed by atoms with Crippen molar-refractivity contribution >= 4 is 5.97 Å². The van der Waals surface area contributed by atoms with Gasteiger partial charge in [-0.2, -0.15) is 0 Å². The minimum absolute atomic E-state index is 0.166. The van der Waals surface area contributed by atoms with Gasteiger partial charge >= 0.3 is 5.97 Å². The van der Waals surface area contributed by atoms with Crippen LogP contribution in [0.4, 0.5) is 0 Å². The topological polar surface area (TPSA) is 64.8 Å². The fraction of sp³-hybridized carbons (Fsp3) is 0.682. The van der Waals surface area contributed by atoms with Crippen LogP contribution in [0, 0.1) is 5.92 Å². The third kappa shape index (κ3) is 1.94. The third-order valence-electron chi connectivity index (χ3n) is 8.29. The number of likely N-dealkylation sites (tertiary alicyclic amines) is 1. The minimum Gasteiger partial charge on any atom is -0.497 e. The number of methoxy groups -OCH3 is 1. The monoisotopic (exact) mass is 368 g/mol. The predicted octanol–water partition coefficient (Wildman–Crippen LogP) is 2.15. The number of ether oxygens (including phenoxy) is 2. The largest absolute Gasteiger partial charge is 0.497 e. The van der Waals surface area contributed by atoms with Crippen molar-refractivity contribution in [2.75, 3.05) is 20.2 Å². The van der Waals surface area contributed by atoms with Gasteiger partial charge in [0.05, 0.1) is 13.2 Å². The van der Waals surface area contributed by atoms with Gasteiger partial charge in [0.25, 0.3) is 0 Å². The maximum atomic E-state index is 12.8. The fourth-order valence-corrected chi connectivity index (χ4v) is 6.77. The first-order valence-corrected chi connectivity index (χ1v) is 10.4. The Morgan fingerprint density at radius 1 is 1.30 bits per heavy atom. The van der Waals surface area contributed by atoms with Crippen LogP contribution in [0.25, 0.3) is 0 Å². The van der Waals surface area contributed by atoms with Crippen LogP contribution in [-0.2, 0) is 21.4 Å². The smallest absolute Gasteiger partial charge is 0.326 e. The summed E-state index contributed by atoms with van der Waals surface area (Å²) in [5.41, 5.74) is 7.91. The van der Waals surface area contributed by atoms with Crippen molar-refractivity contribution in [2.24, 2.45) is 11.7 Å². The SMILES string of the molecule is COc1ccc2c(c1)[C@]13CCN(CC4CC4)[C@H](C2)[C@]12CC[C@](N)(C3)C(=O)O2. The van der Waals surface area contributed by atoms with Gasteiger partial charge < -0.3 is 15.2 Å². The molecule has 5 heteroatoms. The van der Waals surface area contributed by atoms with E-state index in [4.69, 9.17) is 15.2 Å². The van der Waals surface area contributed by atoms with Crippen LogP contribution in [0.2, 0.25) is 0 Å². The molecule has 5 nitrogen and oxygen atoms in total. The Labute approximate surface area is 160 Å². The second-order valence-corrected chi connectivity index (χ2v) is 9.63. The first kappa shape index (κ1) is 16.4. The molecule has 3 aliphatic heterocycles. The summed E-state index contributed by atoms with van der Waals surface area (Å²) in [5, 5.41) is 0. The molecule has 4 atom stereocenters. The lowest BCUT2D eigenvalue weighted by Gasteiger charge is -2.70. The Morgan fingerprint density at radius 2 is 2.15 bits per heavy atom. The Bertz CT molecular complexity index is 837. The second-order valence-electron chi connectivity index (χ2n) is 9.63. The van der Waals surface area contributed by atoms with Crippen molar-refractivity contribution in [2.45, 2.75) is 67.5 Å². The number of nitrogens with zero attached hydrogens (tertiary/aromatic N) is 1. The van der Waals surface area contributed by atoms with Crippen molar-refractivity contribution < 1.29 is 14.3 Å². The molecule has 0 amide bonds. The summed E-state index contributed by atoms with van der Waals surface area (Å²) in [5.74, 6) is 1.55. The highest BCUT2D eigenvalue weighted by atomic mass is 16.6. The zero-order valence-corrected chi connectivity index (χ0v) is 16.0. The van der Waals surface area contributed by atoms with Crippen molar-refractivity contribution in [3.05, 3.63) is 29.3 Å². The molecule has 0 radical (unpaired) electrons. The molecule has 0 aromatic heterocycles. The molecule has 2 N–H and O–H groups in total. The fourth-order valence-electron chi connectivity index (χ4n) is 6.77. The molecular weight excluding hydrogens is 340 g/mol. The molecule has 1 aromatic rings. The number of carbonyl (C=O) groups is 1. The molecule has 144 valence electrons. The van der Waals surface area contributed by atoms with E-state index in [2.05, 4.69) is 23.1 Å². The van der Waals surface area contributed by atoms with Gasteiger partial charge in [0.1, 0.15) is 16.9 Å². The molecular formula is C22H28N2O3. The number of piperidine rings is 1. The molecule has 27 heavy (non-hydrogen) atoms. The lowest BCUT2D eigenvalue weighted by molar-refractivity contribution is -0.245. The first-order chi connectivity index (χ1) is 13.0. The highest BCUT2D eigenvalue weighted by Crippen LogP contribution is 2.64. The lowest BCUT2D eigenvalue weighted by Crippen LogP contribution is -2.82. The summed E-state index contributed by atoms with van der Waals surface area (Å²) in [4.78, 5) is 15.5. The number of rotatable bonds is 3. The number of esters is 1. The van der Waals surface area contributed by atoms with Crippen LogP contribution in [0.1, 0.15) is 49.7 Å². The molecule has 1 aromatic carbocycles. The van der Waals surface area contributed by atoms with Gasteiger partial charge in [-0.05, 0) is 80.7 Å². The van der Waals surface area contributed by atoms with Gasteiger partial charge in [0, 0.05) is 12.0 Å². The van der Waals surface area contributed by atoms with Gasteiger partial charge in [-0.1, -0.05) is 6.07 Å². The third-order valence-corrected chi connectivity index (χ3v) is 8.29. The highest BCUT2D eigenvalue weighted by molar-refractivity contribution is 5.84. The summed E-state index contributed by atoms with van der Waals surface area (Å²) in [7, 11) is 1.72. The van der Waals surface area contributed by atoms with Gasteiger partial charge in [0.15, 0.2) is 0 Å². The molecule has 4 bridgehead atoms. The van der Waals surface area contributed by atoms with E-state index in [1.807, 2.05) is 0 Å². The average molecular weight is 368 g/mol. The zero-order chi connectivity index (χ0) is 18.4. The first-order valence-electron chi connectivity index (χ1n) is 10.4. The molecule has 3 saturated heterocycles. The molecule has 1 spiro atoms. The molecule has 7 rings (SSSR count). The Balaban J connectivity index is 1.54. The summed E-state index contributed by atoms with van der Waals surface area (Å²) in [6, 6.07) is 6.77. The maximum absolute atomic E-state index is 12.8. The summed E-state index contributed by atoms with van der Waals surface area (Å²) in [6.45, 7) is 2.23. The standard InChI is InChI=1S/C22H28N2O3/c1-26-16-5-4-15-10-18-22-7-6-21(23,19(25)27-22)13-20(22,17(15)11-16)8-9-24(18)12-14-2-3-14/h4-5,11,14,18H,2-3,6-10,12-13,23H2,1H3/t18-,20-,21+,22-/m1/s1. The van der Waals surface area contributed by atoms with Gasteiger partial charge in [-0.25, -0.2) is 0 Å². The Kier molecular flexibility index (Phi) is 3.07. The molecule has 2 saturated carbocycles. The van der Waals surface area contributed by atoms with E-state index < -0.39 is 11.1 Å². The molecule has 3 aliphatic carbocycles. The van der Waals surface area contributed by atoms with Crippen LogP contribution in [-0.4, -0.2) is 48.3 Å². The number of fused-ring (bicyclic) bond motifs is 3. The van der Waals surface area contributed by atoms with E-state index in [1.54, 1.807) is 7.11 Å². The van der Waals surface area contributed by atoms with E-state index in [0.29, 0.717) is 6.42 Å². The number of hydrogen-bond donors (Lipinski definition) is 1. The highest BCUT2D eigenvalue weighted by Gasteiger charge is 2.74. The van der Waals surface area contributed by atoms with E-state index in [1.165, 1.54) is 24.0 Å². The second kappa shape index (κ2) is 5.06. The van der Waals surface area contributed by atoms with Crippen molar-refractivity contribution in [3.63, 3.8) is 0 Å². The maximum Gasteiger partial charge on any atom is 0.326 e. The van der Waals surface area contributed by atoms with Crippen LogP contribution in [0.3, 0.4) is 0 Å². The number of nitrogens with two attached hydrogens (primary N) is 1. The van der Waals surface area contributed by atoms with Crippen LogP contribution >= 0.6 is 0 Å². The van der Waals surface area contributed by atoms with E-state index in [-0.39, 0.29) is 17.4 Å². The normalized spacial score (nSPS) is 42.3. The van der Waals surface area contributed by atoms with Crippen LogP contribution < -0.4 is 10.5 Å². The van der Waals surface area contributed by atoms with Crippen LogP contribution in [0.15, 0.2) is 18.2 Å². The lowest BCUT2D eigenvalue weighted by atomic mass is 9.45. The number of hydrogen-bond acceptors (Lipinski definition) is 5. The summed E-state index contributed by atoms with van der Waals surface area (Å²) >= 11 is 0. The number of carbonyl (C=O) groups excluding carboxylic acids is 1. The van der Waals surface area contributed by atoms with Crippen molar-refractivity contribution in [1.82, 2.24) is 4.90 Å². The Hall–Kier alpha value is -1.59. The van der Waals surface area contributed by atoms with Crippen molar-refractivity contribution in [1.29, 1.82) is 0 Å². The predicted molar refractivity (Wildman–Crippen MR) is 101 cm³/mol. The van der Waals surface area contributed by atoms with E-state index in [9.17, 15) is 4.79 Å². The number of benzene rings is 1. The summed E-state index contributed by atoms with van der Waals surface area (Å²) in [6.07, 6.45) is 7.02. The quantitative estimate of drug-likeness (QED) is 0.828. The van der Waals surface area contributed by atoms with Gasteiger partial charge in [-0.3, -0.25) is 9.69 Å². The molecule has 6 aliphatic rings. The van der Waals surface area contributed by atoms with Crippen molar-refractivity contribution in [3.8, 4) is 5.75 Å². The van der Waals surface area contributed by atoms with Gasteiger partial charge in [-0.15, -0.1) is 0 Å². The van der Waals surface area contributed by atoms with Gasteiger partial charge in [0.2, 0.25) is 0 Å². The molecule has 5 fully saturated rings. The van der Waals surface area contributed by atoms with E-state index in [0.717, 1.165) is 50.4 Å². The Morgan fingerprint density at radius 3 is 2.89 bits per heavy atom. The summed E-state index contributed by atoms with van der Waals surface area (Å²) < 4.78 is 11.9. The average Bonchev–Trinajstić information content (AvgIpc) is 3.48. The minimum atomic E-state index is -0.831.